The Morgan fingerprint density at radius 3 is 2.82 bits per heavy atom. The van der Waals surface area contributed by atoms with Crippen molar-refractivity contribution in [2.24, 2.45) is 0 Å². The Morgan fingerprint density at radius 2 is 2.24 bits per heavy atom. The third-order valence-electron chi connectivity index (χ3n) is 2.74. The van der Waals surface area contributed by atoms with Crippen LogP contribution in [0.5, 0.6) is 0 Å². The molecular formula is C11H17N3O2S. The maximum absolute atomic E-state index is 5.26. The van der Waals surface area contributed by atoms with Crippen LogP contribution in [0.25, 0.3) is 4.96 Å². The molecule has 94 valence electrons. The van der Waals surface area contributed by atoms with Crippen LogP contribution in [0.1, 0.15) is 5.69 Å². The lowest BCUT2D eigenvalue weighted by atomic mass is 10.1. The summed E-state index contributed by atoms with van der Waals surface area (Å²) in [6, 6.07) is 0.0922. The van der Waals surface area contributed by atoms with E-state index in [-0.39, 0.29) is 12.3 Å². The molecule has 0 amide bonds. The second kappa shape index (κ2) is 5.59. The van der Waals surface area contributed by atoms with E-state index in [9.17, 15) is 0 Å². The van der Waals surface area contributed by atoms with E-state index in [1.54, 1.807) is 25.6 Å². The highest BCUT2D eigenvalue weighted by atomic mass is 32.1. The highest BCUT2D eigenvalue weighted by molar-refractivity contribution is 7.15. The standard InChI is InChI=1S/C11H17N3O2S/c1-12-9(10(15-2)16-3)6-8-7-14-4-5-17-11(14)13-8/h4-5,7,9-10,12H,6H2,1-3H3. The Hall–Kier alpha value is -0.950. The highest BCUT2D eigenvalue weighted by Gasteiger charge is 2.20. The van der Waals surface area contributed by atoms with E-state index in [1.165, 1.54) is 0 Å². The van der Waals surface area contributed by atoms with Crippen LogP contribution in [0, 0.1) is 0 Å². The summed E-state index contributed by atoms with van der Waals surface area (Å²) in [5, 5.41) is 5.22. The topological polar surface area (TPSA) is 47.8 Å². The molecule has 0 fully saturated rings. The molecular weight excluding hydrogens is 238 g/mol. The summed E-state index contributed by atoms with van der Waals surface area (Å²) in [4.78, 5) is 5.56. The van der Waals surface area contributed by atoms with Crippen LogP contribution in [0.4, 0.5) is 0 Å². The number of likely N-dealkylation sites (N-methyl/N-ethyl adjacent to an activating group) is 1. The summed E-state index contributed by atoms with van der Waals surface area (Å²) < 4.78 is 12.6. The number of nitrogens with zero attached hydrogens (tertiary/aromatic N) is 2. The minimum atomic E-state index is -0.264. The van der Waals surface area contributed by atoms with Gasteiger partial charge in [-0.1, -0.05) is 0 Å². The predicted molar refractivity (Wildman–Crippen MR) is 67.4 cm³/mol. The van der Waals surface area contributed by atoms with Crippen molar-refractivity contribution in [1.29, 1.82) is 0 Å². The number of methoxy groups -OCH3 is 2. The number of aromatic nitrogens is 2. The van der Waals surface area contributed by atoms with E-state index in [4.69, 9.17) is 9.47 Å². The molecule has 0 saturated carbocycles. The first-order valence-electron chi connectivity index (χ1n) is 5.42. The van der Waals surface area contributed by atoms with Crippen molar-refractivity contribution < 1.29 is 9.47 Å². The lowest BCUT2D eigenvalue weighted by Crippen LogP contribution is -2.41. The Morgan fingerprint density at radius 1 is 1.47 bits per heavy atom. The predicted octanol–water partition coefficient (Wildman–Crippen LogP) is 1.15. The van der Waals surface area contributed by atoms with E-state index in [0.29, 0.717) is 0 Å². The molecule has 1 atom stereocenters. The van der Waals surface area contributed by atoms with Crippen LogP contribution >= 0.6 is 11.3 Å². The van der Waals surface area contributed by atoms with Gasteiger partial charge in [-0.25, -0.2) is 4.98 Å². The monoisotopic (exact) mass is 255 g/mol. The maximum Gasteiger partial charge on any atom is 0.193 e. The average molecular weight is 255 g/mol. The van der Waals surface area contributed by atoms with Gasteiger partial charge in [-0.05, 0) is 7.05 Å². The quantitative estimate of drug-likeness (QED) is 0.787. The van der Waals surface area contributed by atoms with Crippen molar-refractivity contribution in [2.45, 2.75) is 18.8 Å². The molecule has 5 nitrogen and oxygen atoms in total. The van der Waals surface area contributed by atoms with Crippen LogP contribution < -0.4 is 5.32 Å². The maximum atomic E-state index is 5.26. The Kier molecular flexibility index (Phi) is 4.11. The summed E-state index contributed by atoms with van der Waals surface area (Å²) in [5.41, 5.74) is 1.04. The van der Waals surface area contributed by atoms with E-state index < -0.39 is 0 Å². The number of thiazole rings is 1. The van der Waals surface area contributed by atoms with Gasteiger partial charge in [-0.2, -0.15) is 0 Å². The molecule has 0 radical (unpaired) electrons. The molecule has 2 aromatic rings. The largest absolute Gasteiger partial charge is 0.354 e. The van der Waals surface area contributed by atoms with E-state index in [2.05, 4.69) is 10.3 Å². The van der Waals surface area contributed by atoms with E-state index >= 15 is 0 Å². The van der Waals surface area contributed by atoms with Gasteiger partial charge in [0.1, 0.15) is 0 Å². The van der Waals surface area contributed by atoms with Gasteiger partial charge >= 0.3 is 0 Å². The van der Waals surface area contributed by atoms with E-state index in [0.717, 1.165) is 17.1 Å². The molecule has 0 aliphatic rings. The zero-order valence-electron chi connectivity index (χ0n) is 10.2. The molecule has 0 spiro atoms. The van der Waals surface area contributed by atoms with Gasteiger partial charge in [0.25, 0.3) is 0 Å². The lowest BCUT2D eigenvalue weighted by molar-refractivity contribution is -0.121. The lowest BCUT2D eigenvalue weighted by Gasteiger charge is -2.23. The van der Waals surface area contributed by atoms with Crippen LogP contribution in [0.2, 0.25) is 0 Å². The molecule has 0 aromatic carbocycles. The molecule has 2 aromatic heterocycles. The van der Waals surface area contributed by atoms with Crippen LogP contribution in [-0.2, 0) is 15.9 Å². The Bertz CT molecular complexity index is 435. The summed E-state index contributed by atoms with van der Waals surface area (Å²) in [6.07, 6.45) is 4.56. The first-order chi connectivity index (χ1) is 8.28. The molecule has 0 saturated heterocycles. The number of nitrogens with one attached hydrogen (secondary N) is 1. The average Bonchev–Trinajstić information content (AvgIpc) is 2.89. The normalized spacial score (nSPS) is 13.6. The fourth-order valence-corrected chi connectivity index (χ4v) is 2.58. The minimum absolute atomic E-state index is 0.0922. The smallest absolute Gasteiger partial charge is 0.193 e. The van der Waals surface area contributed by atoms with Crippen LogP contribution in [0.15, 0.2) is 17.8 Å². The first kappa shape index (κ1) is 12.5. The molecule has 0 aliphatic heterocycles. The number of imidazole rings is 1. The summed E-state index contributed by atoms with van der Waals surface area (Å²) in [5.74, 6) is 0. The van der Waals surface area contributed by atoms with Crippen molar-refractivity contribution in [3.63, 3.8) is 0 Å². The van der Waals surface area contributed by atoms with Gasteiger partial charge in [-0.15, -0.1) is 11.3 Å². The van der Waals surface area contributed by atoms with Crippen molar-refractivity contribution in [3.8, 4) is 0 Å². The molecule has 0 aliphatic carbocycles. The van der Waals surface area contributed by atoms with Gasteiger partial charge < -0.3 is 14.8 Å². The summed E-state index contributed by atoms with van der Waals surface area (Å²) in [6.45, 7) is 0. The van der Waals surface area contributed by atoms with Crippen LogP contribution in [-0.4, -0.2) is 43.0 Å². The molecule has 1 N–H and O–H groups in total. The zero-order valence-corrected chi connectivity index (χ0v) is 11.0. The summed E-state index contributed by atoms with van der Waals surface area (Å²) >= 11 is 1.63. The van der Waals surface area contributed by atoms with Gasteiger partial charge in [0.05, 0.1) is 11.7 Å². The van der Waals surface area contributed by atoms with Gasteiger partial charge in [-0.3, -0.25) is 4.40 Å². The second-order valence-electron chi connectivity index (χ2n) is 3.76. The third kappa shape index (κ3) is 2.66. The van der Waals surface area contributed by atoms with Gasteiger partial charge in [0.2, 0.25) is 0 Å². The molecule has 2 rings (SSSR count). The van der Waals surface area contributed by atoms with Crippen molar-refractivity contribution in [2.75, 3.05) is 21.3 Å². The third-order valence-corrected chi connectivity index (χ3v) is 3.51. The molecule has 1 unspecified atom stereocenters. The first-order valence-corrected chi connectivity index (χ1v) is 6.30. The second-order valence-corrected chi connectivity index (χ2v) is 4.64. The molecule has 6 heteroatoms. The summed E-state index contributed by atoms with van der Waals surface area (Å²) in [7, 11) is 5.18. The highest BCUT2D eigenvalue weighted by Crippen LogP contribution is 2.14. The number of hydrogen-bond donors (Lipinski definition) is 1. The zero-order chi connectivity index (χ0) is 12.3. The molecule has 0 bridgehead atoms. The van der Waals surface area contributed by atoms with E-state index in [1.807, 2.05) is 29.2 Å². The van der Waals surface area contributed by atoms with Gasteiger partial charge in [0, 0.05) is 38.4 Å². The molecule has 2 heterocycles. The number of fused-ring (bicyclic) bond motifs is 1. The van der Waals surface area contributed by atoms with Crippen LogP contribution in [0.3, 0.4) is 0 Å². The number of rotatable bonds is 6. The van der Waals surface area contributed by atoms with Crippen molar-refractivity contribution in [1.82, 2.24) is 14.7 Å². The van der Waals surface area contributed by atoms with Gasteiger partial charge in [0.15, 0.2) is 11.3 Å². The number of hydrogen-bond acceptors (Lipinski definition) is 5. The Labute approximate surface area is 104 Å². The minimum Gasteiger partial charge on any atom is -0.354 e. The molecule has 17 heavy (non-hydrogen) atoms. The van der Waals surface area contributed by atoms with Crippen molar-refractivity contribution in [3.05, 3.63) is 23.5 Å². The fraction of sp³-hybridized carbons (Fsp3) is 0.545. The van der Waals surface area contributed by atoms with Crippen molar-refractivity contribution >= 4 is 16.3 Å². The number of ether oxygens (including phenoxy) is 2. The Balaban J connectivity index is 2.10. The fourth-order valence-electron chi connectivity index (χ4n) is 1.86. The SMILES string of the molecule is CNC(Cc1cn2ccsc2n1)C(OC)OC.